The number of piperazine rings is 1. The van der Waals surface area contributed by atoms with Gasteiger partial charge in [0.2, 0.25) is 21.8 Å². The van der Waals surface area contributed by atoms with Gasteiger partial charge < -0.3 is 5.73 Å². The Morgan fingerprint density at radius 2 is 2.10 bits per heavy atom. The van der Waals surface area contributed by atoms with Crippen molar-refractivity contribution in [1.29, 1.82) is 0 Å². The van der Waals surface area contributed by atoms with Crippen LogP contribution in [0.15, 0.2) is 27.6 Å². The molecule has 114 valence electrons. The maximum Gasteiger partial charge on any atom is 0.245 e. The summed E-state index contributed by atoms with van der Waals surface area (Å²) in [6, 6.07) is 3.25. The lowest BCUT2D eigenvalue weighted by molar-refractivity contribution is -0.137. The summed E-state index contributed by atoms with van der Waals surface area (Å²) in [6.07, 6.45) is 0.272. The molecule has 3 N–H and O–H groups in total. The van der Waals surface area contributed by atoms with Gasteiger partial charge in [0.05, 0.1) is 11.4 Å². The van der Waals surface area contributed by atoms with E-state index in [1.165, 1.54) is 18.2 Å². The van der Waals surface area contributed by atoms with Crippen LogP contribution in [0.2, 0.25) is 0 Å². The van der Waals surface area contributed by atoms with Crippen LogP contribution >= 0.6 is 15.9 Å². The second kappa shape index (κ2) is 5.74. The van der Waals surface area contributed by atoms with Crippen molar-refractivity contribution in [2.45, 2.75) is 24.3 Å². The van der Waals surface area contributed by atoms with Crippen LogP contribution in [0.25, 0.3) is 0 Å². The van der Waals surface area contributed by atoms with Crippen LogP contribution < -0.4 is 11.1 Å². The number of nitrogen functional groups attached to an aromatic ring is 1. The monoisotopic (exact) mass is 375 g/mol. The molecular formula is C12H14BrN3O4S. The number of nitrogens with one attached hydrogen (secondary N) is 1. The lowest BCUT2D eigenvalue weighted by Gasteiger charge is -2.32. The fourth-order valence-electron chi connectivity index (χ4n) is 2.09. The Hall–Kier alpha value is -1.45. The van der Waals surface area contributed by atoms with Gasteiger partial charge >= 0.3 is 0 Å². The molecule has 1 unspecified atom stereocenters. The number of amides is 2. The molecule has 1 fully saturated rings. The third-order valence-corrected chi connectivity index (χ3v) is 5.71. The zero-order chi connectivity index (χ0) is 15.8. The van der Waals surface area contributed by atoms with Gasteiger partial charge in [-0.25, -0.2) is 8.42 Å². The summed E-state index contributed by atoms with van der Waals surface area (Å²) in [4.78, 5) is 23.2. The molecule has 0 saturated carbocycles. The minimum Gasteiger partial charge on any atom is -0.398 e. The fourth-order valence-corrected chi connectivity index (χ4v) is 4.26. The topological polar surface area (TPSA) is 110 Å². The van der Waals surface area contributed by atoms with Crippen molar-refractivity contribution >= 4 is 43.5 Å². The van der Waals surface area contributed by atoms with Gasteiger partial charge in [0.1, 0.15) is 6.04 Å². The molecule has 21 heavy (non-hydrogen) atoms. The van der Waals surface area contributed by atoms with E-state index in [-0.39, 0.29) is 17.9 Å². The molecule has 0 aliphatic carbocycles. The molecule has 1 aromatic rings. The minimum absolute atomic E-state index is 0.0236. The van der Waals surface area contributed by atoms with E-state index in [2.05, 4.69) is 21.2 Å². The smallest absolute Gasteiger partial charge is 0.245 e. The fraction of sp³-hybridized carbons (Fsp3) is 0.333. The van der Waals surface area contributed by atoms with Crippen LogP contribution in [0.1, 0.15) is 13.3 Å². The van der Waals surface area contributed by atoms with Crippen LogP contribution in [0.5, 0.6) is 0 Å². The van der Waals surface area contributed by atoms with Crippen LogP contribution in [-0.4, -0.2) is 37.1 Å². The maximum absolute atomic E-state index is 12.6. The summed E-state index contributed by atoms with van der Waals surface area (Å²) in [6.45, 7) is 1.30. The van der Waals surface area contributed by atoms with E-state index in [1.54, 1.807) is 6.92 Å². The van der Waals surface area contributed by atoms with Crippen LogP contribution in [0, 0.1) is 0 Å². The molecule has 1 aliphatic heterocycles. The molecule has 7 nitrogen and oxygen atoms in total. The molecule has 1 aliphatic rings. The van der Waals surface area contributed by atoms with E-state index >= 15 is 0 Å². The van der Waals surface area contributed by atoms with E-state index in [1.807, 2.05) is 0 Å². The summed E-state index contributed by atoms with van der Waals surface area (Å²) in [5.74, 6) is -1.24. The molecule has 0 spiro atoms. The van der Waals surface area contributed by atoms with Crippen molar-refractivity contribution in [2.75, 3.05) is 12.3 Å². The van der Waals surface area contributed by atoms with Gasteiger partial charge in [-0.15, -0.1) is 0 Å². The van der Waals surface area contributed by atoms with Gasteiger partial charge in [0.25, 0.3) is 0 Å². The molecule has 0 radical (unpaired) electrons. The van der Waals surface area contributed by atoms with Gasteiger partial charge in [-0.2, -0.15) is 4.31 Å². The third kappa shape index (κ3) is 2.94. The molecule has 1 heterocycles. The summed E-state index contributed by atoms with van der Waals surface area (Å²) < 4.78 is 26.6. The van der Waals surface area contributed by atoms with Crippen molar-refractivity contribution in [3.8, 4) is 0 Å². The van der Waals surface area contributed by atoms with E-state index in [0.29, 0.717) is 10.2 Å². The van der Waals surface area contributed by atoms with Crippen molar-refractivity contribution in [2.24, 2.45) is 0 Å². The molecule has 0 bridgehead atoms. The largest absolute Gasteiger partial charge is 0.398 e. The van der Waals surface area contributed by atoms with Crippen molar-refractivity contribution in [1.82, 2.24) is 9.62 Å². The summed E-state index contributed by atoms with van der Waals surface area (Å²) in [7, 11) is -3.96. The Morgan fingerprint density at radius 3 is 2.67 bits per heavy atom. The van der Waals surface area contributed by atoms with Crippen molar-refractivity contribution in [3.63, 3.8) is 0 Å². The lowest BCUT2D eigenvalue weighted by atomic mass is 10.2. The number of anilines is 1. The molecule has 9 heteroatoms. The summed E-state index contributed by atoms with van der Waals surface area (Å²) in [5, 5.41) is 2.14. The average molecular weight is 376 g/mol. The van der Waals surface area contributed by atoms with Gasteiger partial charge in [0.15, 0.2) is 0 Å². The predicted molar refractivity (Wildman–Crippen MR) is 79.7 cm³/mol. The number of rotatable bonds is 3. The number of carbonyl (C=O) groups excluding carboxylic acids is 2. The van der Waals surface area contributed by atoms with Crippen molar-refractivity contribution in [3.05, 3.63) is 22.7 Å². The Balaban J connectivity index is 2.47. The quantitative estimate of drug-likeness (QED) is 0.588. The first kappa shape index (κ1) is 15.9. The number of hydrogen-bond donors (Lipinski definition) is 2. The first-order valence-electron chi connectivity index (χ1n) is 6.18. The van der Waals surface area contributed by atoms with Gasteiger partial charge in [-0.1, -0.05) is 6.92 Å². The number of carbonyl (C=O) groups is 2. The van der Waals surface area contributed by atoms with E-state index < -0.39 is 27.9 Å². The highest BCUT2D eigenvalue weighted by atomic mass is 79.9. The Kier molecular flexibility index (Phi) is 4.35. The molecular weight excluding hydrogens is 362 g/mol. The number of hydrogen-bond acceptors (Lipinski definition) is 5. The second-order valence-corrected chi connectivity index (χ2v) is 7.31. The maximum atomic E-state index is 12.6. The van der Waals surface area contributed by atoms with Crippen LogP contribution in [0.4, 0.5) is 5.69 Å². The van der Waals surface area contributed by atoms with Gasteiger partial charge in [-0.3, -0.25) is 14.9 Å². The standard InChI is InChI=1S/C12H14BrN3O4S/c1-2-10-12(18)15-11(17)6-16(10)21(19,20)7-3-4-9(14)8(13)5-7/h3-5,10H,2,6,14H2,1H3,(H,15,17,18). The lowest BCUT2D eigenvalue weighted by Crippen LogP contribution is -2.59. The third-order valence-electron chi connectivity index (χ3n) is 3.18. The first-order valence-corrected chi connectivity index (χ1v) is 8.41. The average Bonchev–Trinajstić information content (AvgIpc) is 2.41. The number of nitrogens with two attached hydrogens (primary N) is 1. The Bertz CT molecular complexity index is 704. The number of nitrogens with zero attached hydrogens (tertiary/aromatic N) is 1. The normalized spacial score (nSPS) is 20.4. The van der Waals surface area contributed by atoms with Crippen LogP contribution in [-0.2, 0) is 19.6 Å². The van der Waals surface area contributed by atoms with E-state index in [9.17, 15) is 18.0 Å². The highest BCUT2D eigenvalue weighted by Gasteiger charge is 2.40. The minimum atomic E-state index is -3.96. The van der Waals surface area contributed by atoms with Crippen molar-refractivity contribution < 1.29 is 18.0 Å². The summed E-state index contributed by atoms with van der Waals surface area (Å²) >= 11 is 3.16. The molecule has 1 aromatic carbocycles. The van der Waals surface area contributed by atoms with E-state index in [0.717, 1.165) is 4.31 Å². The highest BCUT2D eigenvalue weighted by molar-refractivity contribution is 9.10. The van der Waals surface area contributed by atoms with E-state index in [4.69, 9.17) is 5.73 Å². The molecule has 2 amide bonds. The van der Waals surface area contributed by atoms with Gasteiger partial charge in [-0.05, 0) is 40.5 Å². The SMILES string of the molecule is CCC1C(=O)NC(=O)CN1S(=O)(=O)c1ccc(N)c(Br)c1. The number of halogens is 1. The zero-order valence-electron chi connectivity index (χ0n) is 11.2. The molecule has 2 rings (SSSR count). The summed E-state index contributed by atoms with van der Waals surface area (Å²) in [5.41, 5.74) is 6.03. The van der Waals surface area contributed by atoms with Gasteiger partial charge in [0, 0.05) is 10.2 Å². The molecule has 1 atom stereocenters. The zero-order valence-corrected chi connectivity index (χ0v) is 13.6. The second-order valence-electron chi connectivity index (χ2n) is 4.57. The van der Waals surface area contributed by atoms with Crippen LogP contribution in [0.3, 0.4) is 0 Å². The molecule has 1 saturated heterocycles. The highest BCUT2D eigenvalue weighted by Crippen LogP contribution is 2.27. The number of benzene rings is 1. The predicted octanol–water partition coefficient (Wildman–Crippen LogP) is 0.457. The first-order chi connectivity index (χ1) is 9.77. The molecule has 0 aromatic heterocycles. The Labute approximate surface area is 130 Å². The number of imide groups is 1. The Morgan fingerprint density at radius 1 is 1.43 bits per heavy atom. The number of sulfonamides is 1.